The SMILES string of the molecule is CC=CCOC=O. The predicted octanol–water partition coefficient (Wildman–Crippen LogP) is 0.736. The van der Waals surface area contributed by atoms with Crippen LogP contribution in [0.1, 0.15) is 6.92 Å². The summed E-state index contributed by atoms with van der Waals surface area (Å²) in [6, 6.07) is 0. The molecule has 0 aromatic rings. The zero-order valence-electron chi connectivity index (χ0n) is 4.26. The van der Waals surface area contributed by atoms with Gasteiger partial charge in [0.25, 0.3) is 6.47 Å². The Labute approximate surface area is 42.8 Å². The predicted molar refractivity (Wildman–Crippen MR) is 26.8 cm³/mol. The van der Waals surface area contributed by atoms with Gasteiger partial charge in [-0.15, -0.1) is 0 Å². The minimum atomic E-state index is 0.389. The van der Waals surface area contributed by atoms with Gasteiger partial charge in [-0.3, -0.25) is 4.79 Å². The number of ether oxygens (including phenoxy) is 1. The Morgan fingerprint density at radius 3 is 2.86 bits per heavy atom. The highest BCUT2D eigenvalue weighted by molar-refractivity contribution is 5.37. The van der Waals surface area contributed by atoms with Crippen LogP contribution in [0.2, 0.25) is 0 Å². The Morgan fingerprint density at radius 1 is 1.71 bits per heavy atom. The number of carbonyl (C=O) groups excluding carboxylic acids is 1. The fourth-order valence-electron chi connectivity index (χ4n) is 0.191. The van der Waals surface area contributed by atoms with Crippen molar-refractivity contribution in [2.45, 2.75) is 6.92 Å². The molecule has 0 aromatic carbocycles. The lowest BCUT2D eigenvalue weighted by Crippen LogP contribution is -1.83. The molecule has 2 nitrogen and oxygen atoms in total. The zero-order chi connectivity index (χ0) is 5.54. The van der Waals surface area contributed by atoms with E-state index in [-0.39, 0.29) is 0 Å². The van der Waals surface area contributed by atoms with Crippen LogP contribution in [0.25, 0.3) is 0 Å². The molecule has 0 bridgehead atoms. The van der Waals surface area contributed by atoms with Gasteiger partial charge in [0.05, 0.1) is 0 Å². The lowest BCUT2D eigenvalue weighted by Gasteiger charge is -1.84. The second-order valence-electron chi connectivity index (χ2n) is 0.999. The number of hydrogen-bond donors (Lipinski definition) is 0. The van der Waals surface area contributed by atoms with E-state index >= 15 is 0 Å². The molecule has 0 aromatic heterocycles. The molecule has 0 amide bonds. The quantitative estimate of drug-likeness (QED) is 0.297. The first-order valence-electron chi connectivity index (χ1n) is 2.08. The molecule has 40 valence electrons. The van der Waals surface area contributed by atoms with Crippen LogP contribution in [-0.4, -0.2) is 13.1 Å². The molecule has 2 heteroatoms. The van der Waals surface area contributed by atoms with E-state index in [0.717, 1.165) is 0 Å². The van der Waals surface area contributed by atoms with Gasteiger partial charge in [0.15, 0.2) is 0 Å². The van der Waals surface area contributed by atoms with Crippen LogP contribution in [0.3, 0.4) is 0 Å². The minimum Gasteiger partial charge on any atom is -0.464 e. The van der Waals surface area contributed by atoms with Crippen molar-refractivity contribution in [3.63, 3.8) is 0 Å². The molecule has 0 saturated heterocycles. The molecule has 0 N–H and O–H groups in total. The standard InChI is InChI=1S/C5H8O2/c1-2-3-4-7-5-6/h2-3,5H,4H2,1H3. The summed E-state index contributed by atoms with van der Waals surface area (Å²) in [4.78, 5) is 9.42. The monoisotopic (exact) mass is 100 g/mol. The molecule has 0 unspecified atom stereocenters. The van der Waals surface area contributed by atoms with Gasteiger partial charge >= 0.3 is 0 Å². The normalized spacial score (nSPS) is 9.29. The molecule has 0 rings (SSSR count). The van der Waals surface area contributed by atoms with Crippen molar-refractivity contribution in [2.24, 2.45) is 0 Å². The van der Waals surface area contributed by atoms with Gasteiger partial charge in [0.1, 0.15) is 6.61 Å². The Hall–Kier alpha value is -0.790. The summed E-state index contributed by atoms with van der Waals surface area (Å²) in [5.41, 5.74) is 0. The highest BCUT2D eigenvalue weighted by atomic mass is 16.5. The van der Waals surface area contributed by atoms with Crippen molar-refractivity contribution < 1.29 is 9.53 Å². The fraction of sp³-hybridized carbons (Fsp3) is 0.400. The van der Waals surface area contributed by atoms with Crippen molar-refractivity contribution >= 4 is 6.47 Å². The van der Waals surface area contributed by atoms with E-state index in [9.17, 15) is 4.79 Å². The summed E-state index contributed by atoms with van der Waals surface area (Å²) in [7, 11) is 0. The highest BCUT2D eigenvalue weighted by Crippen LogP contribution is 1.69. The van der Waals surface area contributed by atoms with Gasteiger partial charge in [0.2, 0.25) is 0 Å². The summed E-state index contributed by atoms with van der Waals surface area (Å²) >= 11 is 0. The van der Waals surface area contributed by atoms with Crippen molar-refractivity contribution in [1.82, 2.24) is 0 Å². The van der Waals surface area contributed by atoms with E-state index in [2.05, 4.69) is 4.74 Å². The number of allylic oxidation sites excluding steroid dienone is 1. The molecule has 0 atom stereocenters. The highest BCUT2D eigenvalue weighted by Gasteiger charge is 1.68. The van der Waals surface area contributed by atoms with E-state index in [1.54, 1.807) is 6.08 Å². The van der Waals surface area contributed by atoms with Gasteiger partial charge in [-0.1, -0.05) is 12.2 Å². The number of carbonyl (C=O) groups is 1. The first-order chi connectivity index (χ1) is 3.41. The summed E-state index contributed by atoms with van der Waals surface area (Å²) in [6.07, 6.45) is 3.58. The summed E-state index contributed by atoms with van der Waals surface area (Å²) in [5, 5.41) is 0. The maximum absolute atomic E-state index is 9.42. The lowest BCUT2D eigenvalue weighted by atomic mass is 10.6. The molecule has 0 heterocycles. The fourth-order valence-corrected chi connectivity index (χ4v) is 0.191. The largest absolute Gasteiger partial charge is 0.464 e. The van der Waals surface area contributed by atoms with Gasteiger partial charge in [-0.2, -0.15) is 0 Å². The Morgan fingerprint density at radius 2 is 2.43 bits per heavy atom. The molecule has 0 saturated carbocycles. The third-order valence-corrected chi connectivity index (χ3v) is 0.496. The second-order valence-corrected chi connectivity index (χ2v) is 0.999. The van der Waals surface area contributed by atoms with Gasteiger partial charge < -0.3 is 4.74 Å². The van der Waals surface area contributed by atoms with Crippen molar-refractivity contribution in [1.29, 1.82) is 0 Å². The summed E-state index contributed by atoms with van der Waals surface area (Å²) < 4.78 is 4.31. The Bertz CT molecular complexity index is 66.5. The molecule has 0 aliphatic carbocycles. The van der Waals surface area contributed by atoms with E-state index < -0.39 is 0 Å². The van der Waals surface area contributed by atoms with Crippen LogP contribution in [0, 0.1) is 0 Å². The molecule has 0 aliphatic rings. The maximum Gasteiger partial charge on any atom is 0.293 e. The van der Waals surface area contributed by atoms with Crippen LogP contribution in [-0.2, 0) is 9.53 Å². The number of rotatable bonds is 3. The topological polar surface area (TPSA) is 26.3 Å². The van der Waals surface area contributed by atoms with Gasteiger partial charge in [0, 0.05) is 0 Å². The van der Waals surface area contributed by atoms with E-state index in [1.807, 2.05) is 13.0 Å². The Kier molecular flexibility index (Phi) is 4.62. The molecule has 7 heavy (non-hydrogen) atoms. The maximum atomic E-state index is 9.42. The molecular weight excluding hydrogens is 92.1 g/mol. The molecule has 0 radical (unpaired) electrons. The van der Waals surface area contributed by atoms with Crippen LogP contribution in [0.4, 0.5) is 0 Å². The molecule has 0 fully saturated rings. The van der Waals surface area contributed by atoms with Gasteiger partial charge in [-0.05, 0) is 6.92 Å². The summed E-state index contributed by atoms with van der Waals surface area (Å²) in [5.74, 6) is 0. The third-order valence-electron chi connectivity index (χ3n) is 0.496. The average Bonchev–Trinajstić information content (AvgIpc) is 1.69. The van der Waals surface area contributed by atoms with Crippen LogP contribution in [0.5, 0.6) is 0 Å². The van der Waals surface area contributed by atoms with Crippen LogP contribution < -0.4 is 0 Å². The van der Waals surface area contributed by atoms with E-state index in [4.69, 9.17) is 0 Å². The number of hydrogen-bond acceptors (Lipinski definition) is 2. The molecule has 0 aliphatic heterocycles. The molecule has 0 spiro atoms. The third kappa shape index (κ3) is 5.21. The van der Waals surface area contributed by atoms with Crippen molar-refractivity contribution in [2.75, 3.05) is 6.61 Å². The first-order valence-corrected chi connectivity index (χ1v) is 2.08. The van der Waals surface area contributed by atoms with Crippen LogP contribution in [0.15, 0.2) is 12.2 Å². The van der Waals surface area contributed by atoms with Crippen molar-refractivity contribution in [3.05, 3.63) is 12.2 Å². The lowest BCUT2D eigenvalue weighted by molar-refractivity contribution is -0.127. The van der Waals surface area contributed by atoms with Crippen molar-refractivity contribution in [3.8, 4) is 0 Å². The van der Waals surface area contributed by atoms with Crippen LogP contribution >= 0.6 is 0 Å². The minimum absolute atomic E-state index is 0.389. The summed E-state index contributed by atoms with van der Waals surface area (Å²) in [6.45, 7) is 2.69. The smallest absolute Gasteiger partial charge is 0.293 e. The van der Waals surface area contributed by atoms with Gasteiger partial charge in [-0.25, -0.2) is 0 Å². The first kappa shape index (κ1) is 6.21. The Balaban J connectivity index is 2.82. The second kappa shape index (κ2) is 5.21. The average molecular weight is 100 g/mol. The zero-order valence-corrected chi connectivity index (χ0v) is 4.26. The van der Waals surface area contributed by atoms with E-state index in [1.165, 1.54) is 0 Å². The molecular formula is C5H8O2. The van der Waals surface area contributed by atoms with E-state index in [0.29, 0.717) is 13.1 Å².